The molecule has 1 aromatic heterocycles. The van der Waals surface area contributed by atoms with E-state index in [-0.39, 0.29) is 5.91 Å². The lowest BCUT2D eigenvalue weighted by molar-refractivity contribution is 0.0782. The minimum atomic E-state index is -0.0385. The number of aryl methyl sites for hydroxylation is 1. The van der Waals surface area contributed by atoms with E-state index in [9.17, 15) is 4.79 Å². The average Bonchev–Trinajstić information content (AvgIpc) is 3.00. The standard InChI is InChI=1S/C19H18N2O2/c1-14-11-18(20-23-14)13-21(2)19(22)17-10-6-9-16(12-17)15-7-4-3-5-8-15/h3-12H,13H2,1-2H3. The van der Waals surface area contributed by atoms with E-state index in [2.05, 4.69) is 5.16 Å². The van der Waals surface area contributed by atoms with Crippen molar-refractivity contribution in [1.82, 2.24) is 10.1 Å². The number of carbonyl (C=O) groups is 1. The van der Waals surface area contributed by atoms with Gasteiger partial charge in [0, 0.05) is 18.7 Å². The molecule has 3 rings (SSSR count). The number of nitrogens with zero attached hydrogens (tertiary/aromatic N) is 2. The second-order valence-corrected chi connectivity index (χ2v) is 5.54. The molecule has 0 atom stereocenters. The fourth-order valence-corrected chi connectivity index (χ4v) is 2.49. The molecule has 0 fully saturated rings. The Bertz CT molecular complexity index is 809. The molecule has 0 bridgehead atoms. The molecule has 1 amide bonds. The van der Waals surface area contributed by atoms with E-state index in [0.29, 0.717) is 12.1 Å². The average molecular weight is 306 g/mol. The molecule has 0 saturated carbocycles. The van der Waals surface area contributed by atoms with Crippen molar-refractivity contribution in [2.75, 3.05) is 7.05 Å². The monoisotopic (exact) mass is 306 g/mol. The zero-order valence-corrected chi connectivity index (χ0v) is 13.2. The molecule has 0 unspecified atom stereocenters. The Balaban J connectivity index is 1.79. The number of hydrogen-bond acceptors (Lipinski definition) is 3. The Labute approximate surface area is 135 Å². The molecular weight excluding hydrogens is 288 g/mol. The van der Waals surface area contributed by atoms with Gasteiger partial charge in [-0.15, -0.1) is 0 Å². The van der Waals surface area contributed by atoms with Gasteiger partial charge in [-0.2, -0.15) is 0 Å². The SMILES string of the molecule is Cc1cc(CN(C)C(=O)c2cccc(-c3ccccc3)c2)no1. The first-order valence-electron chi connectivity index (χ1n) is 7.46. The number of amides is 1. The highest BCUT2D eigenvalue weighted by Gasteiger charge is 2.14. The fourth-order valence-electron chi connectivity index (χ4n) is 2.49. The third kappa shape index (κ3) is 3.48. The van der Waals surface area contributed by atoms with E-state index in [1.165, 1.54) is 0 Å². The van der Waals surface area contributed by atoms with Crippen molar-refractivity contribution in [1.29, 1.82) is 0 Å². The third-order valence-electron chi connectivity index (χ3n) is 3.64. The van der Waals surface area contributed by atoms with Crippen molar-refractivity contribution < 1.29 is 9.32 Å². The fraction of sp³-hybridized carbons (Fsp3) is 0.158. The predicted octanol–water partition coefficient (Wildman–Crippen LogP) is 3.92. The maximum atomic E-state index is 12.6. The molecule has 0 radical (unpaired) electrons. The Hall–Kier alpha value is -2.88. The lowest BCUT2D eigenvalue weighted by Crippen LogP contribution is -2.26. The van der Waals surface area contributed by atoms with Gasteiger partial charge in [-0.05, 0) is 30.2 Å². The van der Waals surface area contributed by atoms with Gasteiger partial charge in [0.15, 0.2) is 0 Å². The van der Waals surface area contributed by atoms with E-state index in [1.54, 1.807) is 11.9 Å². The largest absolute Gasteiger partial charge is 0.361 e. The predicted molar refractivity (Wildman–Crippen MR) is 88.9 cm³/mol. The van der Waals surface area contributed by atoms with Crippen LogP contribution in [0.4, 0.5) is 0 Å². The minimum absolute atomic E-state index is 0.0385. The molecule has 3 aromatic rings. The Morgan fingerprint density at radius 2 is 1.78 bits per heavy atom. The number of rotatable bonds is 4. The molecule has 116 valence electrons. The van der Waals surface area contributed by atoms with Gasteiger partial charge in [-0.3, -0.25) is 4.79 Å². The Morgan fingerprint density at radius 1 is 1.04 bits per heavy atom. The topological polar surface area (TPSA) is 46.3 Å². The normalized spacial score (nSPS) is 10.5. The van der Waals surface area contributed by atoms with E-state index in [1.807, 2.05) is 67.6 Å². The first-order valence-corrected chi connectivity index (χ1v) is 7.46. The summed E-state index contributed by atoms with van der Waals surface area (Å²) >= 11 is 0. The highest BCUT2D eigenvalue weighted by molar-refractivity contribution is 5.95. The number of aromatic nitrogens is 1. The lowest BCUT2D eigenvalue weighted by Gasteiger charge is -2.16. The summed E-state index contributed by atoms with van der Waals surface area (Å²) in [5.41, 5.74) is 3.53. The smallest absolute Gasteiger partial charge is 0.253 e. The summed E-state index contributed by atoms with van der Waals surface area (Å²) in [5, 5.41) is 3.93. The Kier molecular flexibility index (Phi) is 4.24. The molecule has 0 N–H and O–H groups in total. The first kappa shape index (κ1) is 15.0. The van der Waals surface area contributed by atoms with E-state index in [0.717, 1.165) is 22.6 Å². The summed E-state index contributed by atoms with van der Waals surface area (Å²) in [6, 6.07) is 19.5. The van der Waals surface area contributed by atoms with Crippen LogP contribution in [0.5, 0.6) is 0 Å². The number of hydrogen-bond donors (Lipinski definition) is 0. The highest BCUT2D eigenvalue weighted by Crippen LogP contribution is 2.21. The van der Waals surface area contributed by atoms with Crippen LogP contribution in [0, 0.1) is 6.92 Å². The molecule has 0 spiro atoms. The maximum Gasteiger partial charge on any atom is 0.253 e. The second-order valence-electron chi connectivity index (χ2n) is 5.54. The van der Waals surface area contributed by atoms with Crippen LogP contribution in [-0.2, 0) is 6.54 Å². The molecular formula is C19H18N2O2. The van der Waals surface area contributed by atoms with Gasteiger partial charge in [0.05, 0.1) is 6.54 Å². The van der Waals surface area contributed by atoms with Gasteiger partial charge >= 0.3 is 0 Å². The maximum absolute atomic E-state index is 12.6. The summed E-state index contributed by atoms with van der Waals surface area (Å²) in [6.07, 6.45) is 0. The van der Waals surface area contributed by atoms with Crippen molar-refractivity contribution in [3.05, 3.63) is 77.7 Å². The van der Waals surface area contributed by atoms with Crippen LogP contribution < -0.4 is 0 Å². The molecule has 0 aliphatic carbocycles. The molecule has 2 aromatic carbocycles. The number of benzene rings is 2. The highest BCUT2D eigenvalue weighted by atomic mass is 16.5. The minimum Gasteiger partial charge on any atom is -0.361 e. The van der Waals surface area contributed by atoms with Crippen LogP contribution in [0.2, 0.25) is 0 Å². The zero-order valence-electron chi connectivity index (χ0n) is 13.2. The third-order valence-corrected chi connectivity index (χ3v) is 3.64. The van der Waals surface area contributed by atoms with E-state index in [4.69, 9.17) is 4.52 Å². The summed E-state index contributed by atoms with van der Waals surface area (Å²) in [7, 11) is 1.77. The van der Waals surface area contributed by atoms with Gasteiger partial charge in [0.1, 0.15) is 11.5 Å². The van der Waals surface area contributed by atoms with E-state index >= 15 is 0 Å². The van der Waals surface area contributed by atoms with Gasteiger partial charge in [0.25, 0.3) is 5.91 Å². The molecule has 0 aliphatic heterocycles. The number of carbonyl (C=O) groups excluding carboxylic acids is 1. The zero-order chi connectivity index (χ0) is 16.2. The Morgan fingerprint density at radius 3 is 2.48 bits per heavy atom. The van der Waals surface area contributed by atoms with Gasteiger partial charge in [-0.1, -0.05) is 47.6 Å². The van der Waals surface area contributed by atoms with Crippen molar-refractivity contribution in [2.45, 2.75) is 13.5 Å². The van der Waals surface area contributed by atoms with Crippen molar-refractivity contribution in [3.8, 4) is 11.1 Å². The molecule has 1 heterocycles. The van der Waals surface area contributed by atoms with E-state index < -0.39 is 0 Å². The molecule has 4 heteroatoms. The summed E-state index contributed by atoms with van der Waals surface area (Å²) < 4.78 is 5.04. The van der Waals surface area contributed by atoms with Crippen LogP contribution in [0.25, 0.3) is 11.1 Å². The van der Waals surface area contributed by atoms with Crippen LogP contribution in [0.1, 0.15) is 21.8 Å². The van der Waals surface area contributed by atoms with Crippen LogP contribution in [-0.4, -0.2) is 23.0 Å². The van der Waals surface area contributed by atoms with Crippen molar-refractivity contribution in [2.24, 2.45) is 0 Å². The van der Waals surface area contributed by atoms with Gasteiger partial charge < -0.3 is 9.42 Å². The van der Waals surface area contributed by atoms with Gasteiger partial charge in [-0.25, -0.2) is 0 Å². The summed E-state index contributed by atoms with van der Waals surface area (Å²) in [6.45, 7) is 2.26. The van der Waals surface area contributed by atoms with Gasteiger partial charge in [0.2, 0.25) is 0 Å². The first-order chi connectivity index (χ1) is 11.1. The molecule has 4 nitrogen and oxygen atoms in total. The summed E-state index contributed by atoms with van der Waals surface area (Å²) in [4.78, 5) is 14.2. The molecule has 0 aliphatic rings. The van der Waals surface area contributed by atoms with Crippen LogP contribution in [0.3, 0.4) is 0 Å². The lowest BCUT2D eigenvalue weighted by atomic mass is 10.0. The van der Waals surface area contributed by atoms with Crippen LogP contribution >= 0.6 is 0 Å². The molecule has 0 saturated heterocycles. The molecule has 23 heavy (non-hydrogen) atoms. The van der Waals surface area contributed by atoms with Crippen LogP contribution in [0.15, 0.2) is 65.2 Å². The van der Waals surface area contributed by atoms with Crippen molar-refractivity contribution in [3.63, 3.8) is 0 Å². The summed E-state index contributed by atoms with van der Waals surface area (Å²) in [5.74, 6) is 0.704. The van der Waals surface area contributed by atoms with Crippen molar-refractivity contribution >= 4 is 5.91 Å². The quantitative estimate of drug-likeness (QED) is 0.734. The second kappa shape index (κ2) is 6.48.